The van der Waals surface area contributed by atoms with E-state index in [9.17, 15) is 4.39 Å². The molecule has 1 saturated carbocycles. The van der Waals surface area contributed by atoms with Crippen molar-refractivity contribution in [2.45, 2.75) is 38.1 Å². The van der Waals surface area contributed by atoms with Gasteiger partial charge in [0.05, 0.1) is 4.47 Å². The third-order valence-corrected chi connectivity index (χ3v) is 4.13. The molecular formula is C13H17BrFN. The molecule has 1 aliphatic rings. The summed E-state index contributed by atoms with van der Waals surface area (Å²) in [7, 11) is 0. The number of hydrogen-bond donors (Lipinski definition) is 1. The Morgan fingerprint density at radius 1 is 1.25 bits per heavy atom. The minimum atomic E-state index is -0.219. The van der Waals surface area contributed by atoms with Crippen LogP contribution in [0.1, 0.15) is 43.7 Å². The van der Waals surface area contributed by atoms with Gasteiger partial charge in [0.2, 0.25) is 0 Å². The van der Waals surface area contributed by atoms with E-state index in [0.29, 0.717) is 10.4 Å². The lowest BCUT2D eigenvalue weighted by Gasteiger charge is -2.27. The van der Waals surface area contributed by atoms with Crippen LogP contribution in [0, 0.1) is 11.7 Å². The van der Waals surface area contributed by atoms with Crippen molar-refractivity contribution in [3.63, 3.8) is 0 Å². The van der Waals surface area contributed by atoms with Crippen molar-refractivity contribution in [3.8, 4) is 0 Å². The average molecular weight is 286 g/mol. The number of benzene rings is 1. The molecule has 0 saturated heterocycles. The Balaban J connectivity index is 2.12. The van der Waals surface area contributed by atoms with Gasteiger partial charge < -0.3 is 5.73 Å². The Labute approximate surface area is 104 Å². The lowest BCUT2D eigenvalue weighted by Crippen LogP contribution is -2.23. The zero-order valence-electron chi connectivity index (χ0n) is 9.26. The van der Waals surface area contributed by atoms with E-state index in [4.69, 9.17) is 5.73 Å². The highest BCUT2D eigenvalue weighted by Gasteiger charge is 2.22. The first-order valence-corrected chi connectivity index (χ1v) is 6.68. The Morgan fingerprint density at radius 2 is 1.94 bits per heavy atom. The van der Waals surface area contributed by atoms with Gasteiger partial charge >= 0.3 is 0 Å². The van der Waals surface area contributed by atoms with Gasteiger partial charge in [-0.05, 0) is 52.4 Å². The van der Waals surface area contributed by atoms with Crippen molar-refractivity contribution in [2.75, 3.05) is 0 Å². The van der Waals surface area contributed by atoms with Gasteiger partial charge in [-0.2, -0.15) is 0 Å². The van der Waals surface area contributed by atoms with Gasteiger partial charge in [0.25, 0.3) is 0 Å². The van der Waals surface area contributed by atoms with Crippen LogP contribution in [-0.2, 0) is 0 Å². The smallest absolute Gasteiger partial charge is 0.137 e. The van der Waals surface area contributed by atoms with Crippen LogP contribution in [0.3, 0.4) is 0 Å². The Kier molecular flexibility index (Phi) is 3.98. The van der Waals surface area contributed by atoms with Crippen LogP contribution in [0.4, 0.5) is 4.39 Å². The fourth-order valence-corrected chi connectivity index (χ4v) is 2.73. The van der Waals surface area contributed by atoms with E-state index in [1.165, 1.54) is 32.1 Å². The Hall–Kier alpha value is -0.410. The highest BCUT2D eigenvalue weighted by molar-refractivity contribution is 9.10. The predicted molar refractivity (Wildman–Crippen MR) is 67.6 cm³/mol. The zero-order valence-corrected chi connectivity index (χ0v) is 10.8. The molecule has 1 atom stereocenters. The molecule has 1 fully saturated rings. The molecular weight excluding hydrogens is 269 g/mol. The molecule has 16 heavy (non-hydrogen) atoms. The van der Waals surface area contributed by atoms with Crippen molar-refractivity contribution >= 4 is 15.9 Å². The third kappa shape index (κ3) is 2.64. The van der Waals surface area contributed by atoms with Crippen molar-refractivity contribution in [1.29, 1.82) is 0 Å². The molecule has 2 N–H and O–H groups in total. The molecule has 2 rings (SSSR count). The largest absolute Gasteiger partial charge is 0.324 e. The number of nitrogens with two attached hydrogens (primary N) is 1. The van der Waals surface area contributed by atoms with Crippen LogP contribution in [0.25, 0.3) is 0 Å². The highest BCUT2D eigenvalue weighted by atomic mass is 79.9. The molecule has 1 aliphatic carbocycles. The summed E-state index contributed by atoms with van der Waals surface area (Å²) in [5.74, 6) is 0.304. The van der Waals surface area contributed by atoms with E-state index in [1.807, 2.05) is 6.07 Å². The predicted octanol–water partition coefficient (Wildman–Crippen LogP) is 4.17. The number of rotatable bonds is 2. The monoisotopic (exact) mass is 285 g/mol. The van der Waals surface area contributed by atoms with Crippen molar-refractivity contribution in [1.82, 2.24) is 0 Å². The van der Waals surface area contributed by atoms with Crippen LogP contribution in [0.15, 0.2) is 22.7 Å². The van der Waals surface area contributed by atoms with Gasteiger partial charge in [0.1, 0.15) is 5.82 Å². The summed E-state index contributed by atoms with van der Waals surface area (Å²) in [6, 6.07) is 5.21. The molecule has 0 spiro atoms. The fraction of sp³-hybridized carbons (Fsp3) is 0.538. The lowest BCUT2D eigenvalue weighted by molar-refractivity contribution is 0.308. The van der Waals surface area contributed by atoms with Gasteiger partial charge in [-0.25, -0.2) is 4.39 Å². The summed E-state index contributed by atoms with van der Waals surface area (Å²) in [6.07, 6.45) is 6.20. The van der Waals surface area contributed by atoms with Crippen LogP contribution in [0.5, 0.6) is 0 Å². The van der Waals surface area contributed by atoms with E-state index < -0.39 is 0 Å². The minimum absolute atomic E-state index is 0.0112. The summed E-state index contributed by atoms with van der Waals surface area (Å²) < 4.78 is 13.9. The lowest BCUT2D eigenvalue weighted by atomic mass is 9.81. The van der Waals surface area contributed by atoms with Crippen LogP contribution < -0.4 is 5.73 Å². The van der Waals surface area contributed by atoms with Crippen LogP contribution in [0.2, 0.25) is 0 Å². The zero-order chi connectivity index (χ0) is 11.5. The van der Waals surface area contributed by atoms with Gasteiger partial charge in [-0.3, -0.25) is 0 Å². The minimum Gasteiger partial charge on any atom is -0.324 e. The molecule has 0 heterocycles. The first kappa shape index (κ1) is 12.1. The van der Waals surface area contributed by atoms with Crippen LogP contribution in [-0.4, -0.2) is 0 Å². The SMILES string of the molecule is NC(c1ccc(Br)c(F)c1)C1CCCCC1. The maximum Gasteiger partial charge on any atom is 0.137 e. The standard InChI is InChI=1S/C13H17BrFN/c14-11-7-6-10(8-12(11)15)13(16)9-4-2-1-3-5-9/h6-9,13H,1-5,16H2. The van der Waals surface area contributed by atoms with Gasteiger partial charge in [-0.15, -0.1) is 0 Å². The summed E-state index contributed by atoms with van der Waals surface area (Å²) >= 11 is 3.16. The average Bonchev–Trinajstić information content (AvgIpc) is 2.33. The van der Waals surface area contributed by atoms with E-state index in [0.717, 1.165) is 5.56 Å². The second kappa shape index (κ2) is 5.28. The fourth-order valence-electron chi connectivity index (χ4n) is 2.49. The molecule has 0 amide bonds. The Morgan fingerprint density at radius 3 is 2.56 bits per heavy atom. The summed E-state index contributed by atoms with van der Waals surface area (Å²) in [5.41, 5.74) is 7.13. The summed E-state index contributed by atoms with van der Waals surface area (Å²) in [6.45, 7) is 0. The summed E-state index contributed by atoms with van der Waals surface area (Å²) in [4.78, 5) is 0. The second-order valence-corrected chi connectivity index (χ2v) is 5.45. The summed E-state index contributed by atoms with van der Waals surface area (Å²) in [5, 5.41) is 0. The van der Waals surface area contributed by atoms with Gasteiger partial charge in [0, 0.05) is 6.04 Å². The maximum atomic E-state index is 13.4. The number of halogens is 2. The highest BCUT2D eigenvalue weighted by Crippen LogP contribution is 2.33. The molecule has 1 nitrogen and oxygen atoms in total. The molecule has 0 radical (unpaired) electrons. The molecule has 3 heteroatoms. The first-order chi connectivity index (χ1) is 7.68. The third-order valence-electron chi connectivity index (χ3n) is 3.49. The van der Waals surface area contributed by atoms with E-state index >= 15 is 0 Å². The molecule has 0 bridgehead atoms. The Bertz CT molecular complexity index is 361. The van der Waals surface area contributed by atoms with Crippen molar-refractivity contribution < 1.29 is 4.39 Å². The normalized spacial score (nSPS) is 19.7. The van der Waals surface area contributed by atoms with E-state index in [1.54, 1.807) is 12.1 Å². The molecule has 1 unspecified atom stereocenters. The maximum absolute atomic E-state index is 13.4. The van der Waals surface area contributed by atoms with E-state index in [-0.39, 0.29) is 11.9 Å². The second-order valence-electron chi connectivity index (χ2n) is 4.60. The first-order valence-electron chi connectivity index (χ1n) is 5.89. The molecule has 88 valence electrons. The number of hydrogen-bond acceptors (Lipinski definition) is 1. The molecule has 0 aliphatic heterocycles. The van der Waals surface area contributed by atoms with Crippen LogP contribution >= 0.6 is 15.9 Å². The van der Waals surface area contributed by atoms with Gasteiger partial charge in [-0.1, -0.05) is 25.3 Å². The topological polar surface area (TPSA) is 26.0 Å². The molecule has 1 aromatic rings. The molecule has 1 aromatic carbocycles. The van der Waals surface area contributed by atoms with Crippen molar-refractivity contribution in [2.24, 2.45) is 11.7 Å². The van der Waals surface area contributed by atoms with E-state index in [2.05, 4.69) is 15.9 Å². The van der Waals surface area contributed by atoms with Gasteiger partial charge in [0.15, 0.2) is 0 Å². The van der Waals surface area contributed by atoms with Crippen molar-refractivity contribution in [3.05, 3.63) is 34.1 Å². The molecule has 0 aromatic heterocycles. The quantitative estimate of drug-likeness (QED) is 0.867.